The summed E-state index contributed by atoms with van der Waals surface area (Å²) in [5, 5.41) is 10.1. The molecule has 0 aliphatic heterocycles. The van der Waals surface area contributed by atoms with Crippen LogP contribution in [-0.2, 0) is 0 Å². The minimum absolute atomic E-state index is 0.350. The summed E-state index contributed by atoms with van der Waals surface area (Å²) in [7, 11) is 0. The van der Waals surface area contributed by atoms with Crippen LogP contribution in [0.15, 0.2) is 18.2 Å². The third kappa shape index (κ3) is 1.95. The van der Waals surface area contributed by atoms with Crippen molar-refractivity contribution in [2.45, 2.75) is 38.7 Å². The number of pyridine rings is 1. The van der Waals surface area contributed by atoms with Gasteiger partial charge in [-0.1, -0.05) is 18.9 Å². The summed E-state index contributed by atoms with van der Waals surface area (Å²) >= 11 is 0. The number of hydrogen-bond donors (Lipinski definition) is 1. The van der Waals surface area contributed by atoms with Gasteiger partial charge in [0, 0.05) is 5.69 Å². The summed E-state index contributed by atoms with van der Waals surface area (Å²) in [6.45, 7) is 1.96. The molecule has 0 spiro atoms. The van der Waals surface area contributed by atoms with Gasteiger partial charge in [-0.3, -0.25) is 4.98 Å². The van der Waals surface area contributed by atoms with Gasteiger partial charge in [-0.2, -0.15) is 0 Å². The molecular formula is C12H17NO. The highest BCUT2D eigenvalue weighted by molar-refractivity contribution is 5.13. The number of hydrogen-bond acceptors (Lipinski definition) is 2. The van der Waals surface area contributed by atoms with E-state index in [0.29, 0.717) is 5.92 Å². The number of nitrogens with zero attached hydrogens (tertiary/aromatic N) is 1. The predicted octanol–water partition coefficient (Wildman–Crippen LogP) is 2.61. The van der Waals surface area contributed by atoms with Crippen molar-refractivity contribution >= 4 is 0 Å². The lowest BCUT2D eigenvalue weighted by molar-refractivity contribution is 0.107. The van der Waals surface area contributed by atoms with E-state index >= 15 is 0 Å². The Labute approximate surface area is 85.0 Å². The maximum Gasteiger partial charge on any atom is 0.0987 e. The van der Waals surface area contributed by atoms with Crippen molar-refractivity contribution in [3.8, 4) is 0 Å². The zero-order valence-electron chi connectivity index (χ0n) is 8.61. The van der Waals surface area contributed by atoms with E-state index in [0.717, 1.165) is 24.2 Å². The Morgan fingerprint density at radius 2 is 2.07 bits per heavy atom. The second-order valence-corrected chi connectivity index (χ2v) is 4.19. The van der Waals surface area contributed by atoms with Crippen LogP contribution in [0.1, 0.15) is 43.2 Å². The third-order valence-corrected chi connectivity index (χ3v) is 3.06. The molecule has 1 aliphatic rings. The first kappa shape index (κ1) is 9.66. The molecule has 1 aliphatic carbocycles. The van der Waals surface area contributed by atoms with Gasteiger partial charge in [-0.05, 0) is 37.8 Å². The zero-order valence-corrected chi connectivity index (χ0v) is 8.61. The second kappa shape index (κ2) is 4.09. The average molecular weight is 191 g/mol. The standard InChI is InChI=1S/C12H17NO/c1-9-5-4-8-11(13-9)12(14)10-6-2-3-7-10/h4-5,8,10,12,14H,2-3,6-7H2,1H3. The fraction of sp³-hybridized carbons (Fsp3) is 0.583. The largest absolute Gasteiger partial charge is 0.387 e. The molecule has 76 valence electrons. The summed E-state index contributed by atoms with van der Waals surface area (Å²) in [6, 6.07) is 5.86. The van der Waals surface area contributed by atoms with Crippen LogP contribution in [-0.4, -0.2) is 10.1 Å². The maximum atomic E-state index is 10.1. The lowest BCUT2D eigenvalue weighted by Gasteiger charge is -2.17. The van der Waals surface area contributed by atoms with Crippen LogP contribution in [0, 0.1) is 12.8 Å². The number of rotatable bonds is 2. The number of aryl methyl sites for hydroxylation is 1. The highest BCUT2D eigenvalue weighted by atomic mass is 16.3. The molecule has 1 saturated carbocycles. The van der Waals surface area contributed by atoms with Crippen molar-refractivity contribution in [2.24, 2.45) is 5.92 Å². The van der Waals surface area contributed by atoms with Crippen LogP contribution in [0.3, 0.4) is 0 Å². The molecular weight excluding hydrogens is 174 g/mol. The Morgan fingerprint density at radius 3 is 2.71 bits per heavy atom. The lowest BCUT2D eigenvalue weighted by Crippen LogP contribution is -2.10. The monoisotopic (exact) mass is 191 g/mol. The Bertz CT molecular complexity index is 305. The molecule has 1 aromatic heterocycles. The first-order valence-electron chi connectivity index (χ1n) is 5.39. The SMILES string of the molecule is Cc1cccc(C(O)C2CCCC2)n1. The van der Waals surface area contributed by atoms with Gasteiger partial charge in [-0.15, -0.1) is 0 Å². The molecule has 1 N–H and O–H groups in total. The van der Waals surface area contributed by atoms with Crippen LogP contribution in [0.2, 0.25) is 0 Å². The van der Waals surface area contributed by atoms with Crippen LogP contribution in [0.5, 0.6) is 0 Å². The van der Waals surface area contributed by atoms with Gasteiger partial charge in [0.1, 0.15) is 0 Å². The van der Waals surface area contributed by atoms with Crippen molar-refractivity contribution in [2.75, 3.05) is 0 Å². The van der Waals surface area contributed by atoms with E-state index in [4.69, 9.17) is 0 Å². The molecule has 1 fully saturated rings. The quantitative estimate of drug-likeness (QED) is 0.779. The van der Waals surface area contributed by atoms with Crippen LogP contribution in [0.4, 0.5) is 0 Å². The van der Waals surface area contributed by atoms with Crippen molar-refractivity contribution in [1.82, 2.24) is 4.98 Å². The van der Waals surface area contributed by atoms with Crippen LogP contribution >= 0.6 is 0 Å². The minimum atomic E-state index is -0.350. The van der Waals surface area contributed by atoms with E-state index in [-0.39, 0.29) is 6.10 Å². The molecule has 0 radical (unpaired) electrons. The number of aliphatic hydroxyl groups excluding tert-OH is 1. The van der Waals surface area contributed by atoms with Gasteiger partial charge in [0.15, 0.2) is 0 Å². The first-order valence-corrected chi connectivity index (χ1v) is 5.39. The first-order chi connectivity index (χ1) is 6.77. The van der Waals surface area contributed by atoms with E-state index < -0.39 is 0 Å². The van der Waals surface area contributed by atoms with Crippen molar-refractivity contribution in [3.63, 3.8) is 0 Å². The van der Waals surface area contributed by atoms with Gasteiger partial charge in [0.25, 0.3) is 0 Å². The molecule has 14 heavy (non-hydrogen) atoms. The Kier molecular flexibility index (Phi) is 2.82. The summed E-state index contributed by atoms with van der Waals surface area (Å²) in [5.41, 5.74) is 1.83. The predicted molar refractivity (Wildman–Crippen MR) is 55.9 cm³/mol. The molecule has 0 amide bonds. The fourth-order valence-corrected chi connectivity index (χ4v) is 2.24. The second-order valence-electron chi connectivity index (χ2n) is 4.19. The van der Waals surface area contributed by atoms with E-state index in [1.165, 1.54) is 12.8 Å². The molecule has 1 unspecified atom stereocenters. The highest BCUT2D eigenvalue weighted by Gasteiger charge is 2.25. The van der Waals surface area contributed by atoms with Crippen LogP contribution in [0.25, 0.3) is 0 Å². The topological polar surface area (TPSA) is 33.1 Å². The molecule has 1 aromatic rings. The molecule has 0 saturated heterocycles. The Hall–Kier alpha value is -0.890. The number of aromatic nitrogens is 1. The molecule has 1 atom stereocenters. The van der Waals surface area contributed by atoms with Gasteiger partial charge in [-0.25, -0.2) is 0 Å². The van der Waals surface area contributed by atoms with E-state index in [1.54, 1.807) is 0 Å². The average Bonchev–Trinajstić information content (AvgIpc) is 2.69. The van der Waals surface area contributed by atoms with E-state index in [9.17, 15) is 5.11 Å². The molecule has 2 heteroatoms. The molecule has 0 bridgehead atoms. The minimum Gasteiger partial charge on any atom is -0.387 e. The summed E-state index contributed by atoms with van der Waals surface area (Å²) < 4.78 is 0. The molecule has 1 heterocycles. The lowest BCUT2D eigenvalue weighted by atomic mass is 9.98. The zero-order chi connectivity index (χ0) is 9.97. The third-order valence-electron chi connectivity index (χ3n) is 3.06. The van der Waals surface area contributed by atoms with Gasteiger partial charge >= 0.3 is 0 Å². The fourth-order valence-electron chi connectivity index (χ4n) is 2.24. The van der Waals surface area contributed by atoms with Crippen molar-refractivity contribution < 1.29 is 5.11 Å². The molecule has 0 aromatic carbocycles. The van der Waals surface area contributed by atoms with E-state index in [1.807, 2.05) is 25.1 Å². The Balaban J connectivity index is 2.13. The molecule has 2 nitrogen and oxygen atoms in total. The summed E-state index contributed by atoms with van der Waals surface area (Å²) in [5.74, 6) is 0.435. The van der Waals surface area contributed by atoms with Gasteiger partial charge < -0.3 is 5.11 Å². The van der Waals surface area contributed by atoms with Gasteiger partial charge in [0.05, 0.1) is 11.8 Å². The summed E-state index contributed by atoms with van der Waals surface area (Å²) in [6.07, 6.45) is 4.46. The number of aliphatic hydroxyl groups is 1. The smallest absolute Gasteiger partial charge is 0.0987 e. The summed E-state index contributed by atoms with van der Waals surface area (Å²) in [4.78, 5) is 4.37. The maximum absolute atomic E-state index is 10.1. The van der Waals surface area contributed by atoms with Crippen LogP contribution < -0.4 is 0 Å². The van der Waals surface area contributed by atoms with Crippen molar-refractivity contribution in [1.29, 1.82) is 0 Å². The van der Waals surface area contributed by atoms with E-state index in [2.05, 4.69) is 4.98 Å². The van der Waals surface area contributed by atoms with Gasteiger partial charge in [0.2, 0.25) is 0 Å². The molecule has 2 rings (SSSR count). The van der Waals surface area contributed by atoms with Crippen molar-refractivity contribution in [3.05, 3.63) is 29.6 Å². The highest BCUT2D eigenvalue weighted by Crippen LogP contribution is 2.34. The normalized spacial score (nSPS) is 19.9. The Morgan fingerprint density at radius 1 is 1.36 bits per heavy atom.